The van der Waals surface area contributed by atoms with Gasteiger partial charge in [-0.15, -0.1) is 10.2 Å². The van der Waals surface area contributed by atoms with E-state index in [1.807, 2.05) is 43.3 Å². The fourth-order valence-corrected chi connectivity index (χ4v) is 4.27. The number of ether oxygens (including phenoxy) is 2. The Kier molecular flexibility index (Phi) is 6.89. The van der Waals surface area contributed by atoms with Gasteiger partial charge in [-0.2, -0.15) is 0 Å². The number of benzene rings is 2. The number of carbonyl (C=O) groups excluding carboxylic acids is 1. The number of anilines is 2. The molecular formula is C20H21N3O3S2. The Morgan fingerprint density at radius 3 is 2.75 bits per heavy atom. The van der Waals surface area contributed by atoms with E-state index in [4.69, 9.17) is 9.47 Å². The Hall–Kier alpha value is -2.58. The Bertz CT molecular complexity index is 959. The van der Waals surface area contributed by atoms with Gasteiger partial charge in [0.15, 0.2) is 10.1 Å². The number of nitrogens with zero attached hydrogens (tertiary/aromatic N) is 2. The molecule has 0 atom stereocenters. The molecule has 6 nitrogen and oxygen atoms in total. The van der Waals surface area contributed by atoms with Crippen molar-refractivity contribution in [2.75, 3.05) is 19.0 Å². The summed E-state index contributed by atoms with van der Waals surface area (Å²) in [7, 11) is 1.63. The molecule has 1 N–H and O–H groups in total. The first-order chi connectivity index (χ1) is 13.6. The van der Waals surface area contributed by atoms with Gasteiger partial charge in [-0.25, -0.2) is 0 Å². The second-order valence-corrected chi connectivity index (χ2v) is 8.00. The predicted octanol–water partition coefficient (Wildman–Crippen LogP) is 5.18. The molecule has 0 amide bonds. The molecule has 0 aliphatic carbocycles. The summed E-state index contributed by atoms with van der Waals surface area (Å²) in [5, 5.41) is 12.4. The highest BCUT2D eigenvalue weighted by Crippen LogP contribution is 2.34. The molecule has 2 aromatic carbocycles. The summed E-state index contributed by atoms with van der Waals surface area (Å²) < 4.78 is 11.9. The molecule has 8 heteroatoms. The minimum atomic E-state index is 0.0357. The Balaban J connectivity index is 1.70. The van der Waals surface area contributed by atoms with E-state index < -0.39 is 0 Å². The standard InChI is InChI=1S/C20H21N3O3S2/c1-4-26-17-10-9-14(13(2)24)11-15(17)12-27-20-23-22-19(28-20)21-16-7-5-6-8-18(16)25-3/h5-11H,4,12H2,1-3H3,(H,21,22). The molecule has 0 aliphatic rings. The van der Waals surface area contributed by atoms with Crippen LogP contribution in [0.1, 0.15) is 29.8 Å². The van der Waals surface area contributed by atoms with Gasteiger partial charge in [-0.05, 0) is 44.2 Å². The lowest BCUT2D eigenvalue weighted by molar-refractivity contribution is 0.101. The average molecular weight is 416 g/mol. The molecule has 0 fully saturated rings. The first kappa shape index (κ1) is 20.2. The third-order valence-electron chi connectivity index (χ3n) is 3.87. The summed E-state index contributed by atoms with van der Waals surface area (Å²) in [5.74, 6) is 2.21. The number of hydrogen-bond acceptors (Lipinski definition) is 8. The van der Waals surface area contributed by atoms with Gasteiger partial charge in [0.2, 0.25) is 5.13 Å². The van der Waals surface area contributed by atoms with Crippen molar-refractivity contribution < 1.29 is 14.3 Å². The molecule has 0 bridgehead atoms. The van der Waals surface area contributed by atoms with Gasteiger partial charge < -0.3 is 14.8 Å². The van der Waals surface area contributed by atoms with Crippen LogP contribution in [-0.2, 0) is 5.75 Å². The van der Waals surface area contributed by atoms with Crippen molar-refractivity contribution in [1.29, 1.82) is 0 Å². The van der Waals surface area contributed by atoms with Gasteiger partial charge in [0.25, 0.3) is 0 Å². The first-order valence-corrected chi connectivity index (χ1v) is 10.5. The van der Waals surface area contributed by atoms with Crippen molar-refractivity contribution in [1.82, 2.24) is 10.2 Å². The summed E-state index contributed by atoms with van der Waals surface area (Å²) >= 11 is 3.02. The van der Waals surface area contributed by atoms with E-state index in [1.54, 1.807) is 31.9 Å². The number of hydrogen-bond donors (Lipinski definition) is 1. The maximum absolute atomic E-state index is 11.7. The van der Waals surface area contributed by atoms with Gasteiger partial charge in [-0.1, -0.05) is 35.2 Å². The van der Waals surface area contributed by atoms with Crippen molar-refractivity contribution in [3.8, 4) is 11.5 Å². The highest BCUT2D eigenvalue weighted by atomic mass is 32.2. The van der Waals surface area contributed by atoms with Crippen molar-refractivity contribution in [2.45, 2.75) is 23.9 Å². The van der Waals surface area contributed by atoms with Crippen molar-refractivity contribution in [2.24, 2.45) is 0 Å². The molecule has 28 heavy (non-hydrogen) atoms. The summed E-state index contributed by atoms with van der Waals surface area (Å²) in [6, 6.07) is 13.2. The van der Waals surface area contributed by atoms with Crippen LogP contribution in [0.5, 0.6) is 11.5 Å². The number of para-hydroxylation sites is 2. The minimum Gasteiger partial charge on any atom is -0.495 e. The molecular weight excluding hydrogens is 394 g/mol. The molecule has 0 saturated carbocycles. The van der Waals surface area contributed by atoms with E-state index in [-0.39, 0.29) is 5.78 Å². The van der Waals surface area contributed by atoms with Crippen LogP contribution in [0.15, 0.2) is 46.8 Å². The van der Waals surface area contributed by atoms with Crippen LogP contribution in [0.3, 0.4) is 0 Å². The van der Waals surface area contributed by atoms with Crippen LogP contribution < -0.4 is 14.8 Å². The maximum atomic E-state index is 11.7. The SMILES string of the molecule is CCOc1ccc(C(C)=O)cc1CSc1nnc(Nc2ccccc2OC)s1. The van der Waals surface area contributed by atoms with E-state index in [2.05, 4.69) is 15.5 Å². The smallest absolute Gasteiger partial charge is 0.210 e. The molecule has 3 aromatic rings. The third-order valence-corrected chi connectivity index (χ3v) is 5.89. The second-order valence-electron chi connectivity index (χ2n) is 5.80. The van der Waals surface area contributed by atoms with E-state index in [1.165, 1.54) is 11.3 Å². The second kappa shape index (κ2) is 9.57. The summed E-state index contributed by atoms with van der Waals surface area (Å²) in [4.78, 5) is 11.7. The fraction of sp³-hybridized carbons (Fsp3) is 0.250. The number of methoxy groups -OCH3 is 1. The molecule has 1 heterocycles. The van der Waals surface area contributed by atoms with E-state index >= 15 is 0 Å². The third kappa shape index (κ3) is 5.02. The number of ketones is 1. The highest BCUT2D eigenvalue weighted by molar-refractivity contribution is 8.00. The fourth-order valence-electron chi connectivity index (χ4n) is 2.53. The Morgan fingerprint density at radius 1 is 1.18 bits per heavy atom. The maximum Gasteiger partial charge on any atom is 0.210 e. The summed E-state index contributed by atoms with van der Waals surface area (Å²) in [6.07, 6.45) is 0. The normalized spacial score (nSPS) is 10.5. The number of thioether (sulfide) groups is 1. The van der Waals surface area contributed by atoms with Crippen LogP contribution in [0.4, 0.5) is 10.8 Å². The molecule has 3 rings (SSSR count). The zero-order chi connectivity index (χ0) is 19.9. The molecule has 0 spiro atoms. The zero-order valence-corrected chi connectivity index (χ0v) is 17.5. The van der Waals surface area contributed by atoms with Gasteiger partial charge in [0.1, 0.15) is 11.5 Å². The van der Waals surface area contributed by atoms with Crippen LogP contribution in [0, 0.1) is 0 Å². The van der Waals surface area contributed by atoms with Crippen molar-refractivity contribution >= 4 is 39.7 Å². The average Bonchev–Trinajstić information content (AvgIpc) is 3.15. The highest BCUT2D eigenvalue weighted by Gasteiger charge is 2.12. The molecule has 0 radical (unpaired) electrons. The van der Waals surface area contributed by atoms with Crippen LogP contribution in [0.25, 0.3) is 0 Å². The zero-order valence-electron chi connectivity index (χ0n) is 15.9. The number of rotatable bonds is 9. The van der Waals surface area contributed by atoms with Gasteiger partial charge >= 0.3 is 0 Å². The van der Waals surface area contributed by atoms with Crippen LogP contribution in [-0.4, -0.2) is 29.7 Å². The van der Waals surface area contributed by atoms with Crippen molar-refractivity contribution in [3.63, 3.8) is 0 Å². The topological polar surface area (TPSA) is 73.3 Å². The van der Waals surface area contributed by atoms with Gasteiger partial charge in [-0.3, -0.25) is 4.79 Å². The number of carbonyl (C=O) groups is 1. The lowest BCUT2D eigenvalue weighted by Gasteiger charge is -2.10. The molecule has 0 unspecified atom stereocenters. The Morgan fingerprint density at radius 2 is 2.00 bits per heavy atom. The molecule has 146 valence electrons. The van der Waals surface area contributed by atoms with E-state index in [0.29, 0.717) is 23.1 Å². The summed E-state index contributed by atoms with van der Waals surface area (Å²) in [6.45, 7) is 4.08. The van der Waals surface area contributed by atoms with Crippen LogP contribution >= 0.6 is 23.1 Å². The largest absolute Gasteiger partial charge is 0.495 e. The minimum absolute atomic E-state index is 0.0357. The number of aromatic nitrogens is 2. The van der Waals surface area contributed by atoms with Crippen LogP contribution in [0.2, 0.25) is 0 Å². The monoisotopic (exact) mass is 415 g/mol. The van der Waals surface area contributed by atoms with E-state index in [0.717, 1.165) is 27.1 Å². The molecule has 1 aromatic heterocycles. The van der Waals surface area contributed by atoms with Crippen molar-refractivity contribution in [3.05, 3.63) is 53.6 Å². The molecule has 0 aliphatic heterocycles. The Labute approximate surface area is 172 Å². The predicted molar refractivity (Wildman–Crippen MR) is 113 cm³/mol. The van der Waals surface area contributed by atoms with Gasteiger partial charge in [0.05, 0.1) is 19.4 Å². The number of nitrogens with one attached hydrogen (secondary N) is 1. The van der Waals surface area contributed by atoms with E-state index in [9.17, 15) is 4.79 Å². The van der Waals surface area contributed by atoms with Gasteiger partial charge in [0, 0.05) is 16.9 Å². The lowest BCUT2D eigenvalue weighted by Crippen LogP contribution is -1.99. The lowest BCUT2D eigenvalue weighted by atomic mass is 10.1. The summed E-state index contributed by atoms with van der Waals surface area (Å²) in [5.41, 5.74) is 2.48. The quantitative estimate of drug-likeness (QED) is 0.381. The first-order valence-electron chi connectivity index (χ1n) is 8.73. The molecule has 0 saturated heterocycles. The number of Topliss-reactive ketones (excluding diaryl/α,β-unsaturated/α-hetero) is 1.